The lowest BCUT2D eigenvalue weighted by Gasteiger charge is -2.30. The Morgan fingerprint density at radius 3 is 2.17 bits per heavy atom. The van der Waals surface area contributed by atoms with Crippen LogP contribution in [0.4, 0.5) is 0 Å². The fourth-order valence-corrected chi connectivity index (χ4v) is 3.11. The van der Waals surface area contributed by atoms with Crippen LogP contribution in [0.2, 0.25) is 0 Å². The second-order valence-electron chi connectivity index (χ2n) is 6.02. The summed E-state index contributed by atoms with van der Waals surface area (Å²) in [4.78, 5) is 14.3. The Hall–Kier alpha value is -2.17. The molecule has 2 rings (SSSR count). The standard InChI is InChI=1S/C19H27NO4/c1-20(15-8-6-5-7-9-15)19(21)11-10-14-12-17(23-3)18(24-4)13-16(14)22-2/h10-13,15H,5-9H2,1-4H3/b11-10+. The van der Waals surface area contributed by atoms with Crippen molar-refractivity contribution in [2.75, 3.05) is 28.4 Å². The Balaban J connectivity index is 2.16. The monoisotopic (exact) mass is 333 g/mol. The van der Waals surface area contributed by atoms with Gasteiger partial charge in [-0.25, -0.2) is 0 Å². The molecular weight excluding hydrogens is 306 g/mol. The molecule has 0 heterocycles. The van der Waals surface area contributed by atoms with Crippen LogP contribution in [0.3, 0.4) is 0 Å². The first-order chi connectivity index (χ1) is 11.6. The molecule has 0 unspecified atom stereocenters. The van der Waals surface area contributed by atoms with Gasteiger partial charge in [0.2, 0.25) is 5.91 Å². The summed E-state index contributed by atoms with van der Waals surface area (Å²) in [6, 6.07) is 3.92. The van der Waals surface area contributed by atoms with Crippen molar-refractivity contribution in [2.45, 2.75) is 38.1 Å². The van der Waals surface area contributed by atoms with Crippen LogP contribution >= 0.6 is 0 Å². The van der Waals surface area contributed by atoms with Crippen LogP contribution < -0.4 is 14.2 Å². The molecule has 0 saturated heterocycles. The molecule has 0 spiro atoms. The summed E-state index contributed by atoms with van der Waals surface area (Å²) in [5, 5.41) is 0. The van der Waals surface area contributed by atoms with Crippen LogP contribution in [-0.2, 0) is 4.79 Å². The predicted octanol–water partition coefficient (Wildman–Crippen LogP) is 3.52. The van der Waals surface area contributed by atoms with Gasteiger partial charge in [0.15, 0.2) is 11.5 Å². The van der Waals surface area contributed by atoms with E-state index in [0.717, 1.165) is 18.4 Å². The smallest absolute Gasteiger partial charge is 0.246 e. The molecule has 1 aromatic carbocycles. The van der Waals surface area contributed by atoms with Crippen LogP contribution in [0.15, 0.2) is 18.2 Å². The van der Waals surface area contributed by atoms with Crippen LogP contribution in [0.25, 0.3) is 6.08 Å². The van der Waals surface area contributed by atoms with Gasteiger partial charge < -0.3 is 19.1 Å². The van der Waals surface area contributed by atoms with E-state index in [9.17, 15) is 4.79 Å². The van der Waals surface area contributed by atoms with Crippen LogP contribution in [-0.4, -0.2) is 45.2 Å². The highest BCUT2D eigenvalue weighted by Gasteiger charge is 2.20. The van der Waals surface area contributed by atoms with Gasteiger partial charge >= 0.3 is 0 Å². The van der Waals surface area contributed by atoms with E-state index < -0.39 is 0 Å². The molecule has 0 atom stereocenters. The summed E-state index contributed by atoms with van der Waals surface area (Å²) in [7, 11) is 6.64. The number of nitrogens with zero attached hydrogens (tertiary/aromatic N) is 1. The van der Waals surface area contributed by atoms with Gasteiger partial charge in [-0.1, -0.05) is 19.3 Å². The van der Waals surface area contributed by atoms with Gasteiger partial charge in [0, 0.05) is 30.8 Å². The van der Waals surface area contributed by atoms with Gasteiger partial charge in [-0.3, -0.25) is 4.79 Å². The third-order valence-corrected chi connectivity index (χ3v) is 4.61. The normalized spacial score (nSPS) is 15.3. The maximum absolute atomic E-state index is 12.4. The zero-order valence-electron chi connectivity index (χ0n) is 15.0. The highest BCUT2D eigenvalue weighted by atomic mass is 16.5. The van der Waals surface area contributed by atoms with Gasteiger partial charge in [-0.05, 0) is 25.0 Å². The topological polar surface area (TPSA) is 48.0 Å². The zero-order valence-corrected chi connectivity index (χ0v) is 15.0. The van der Waals surface area contributed by atoms with Gasteiger partial charge in [0.05, 0.1) is 21.3 Å². The molecule has 1 amide bonds. The van der Waals surface area contributed by atoms with Crippen LogP contribution in [0.1, 0.15) is 37.7 Å². The Labute approximate surface area is 144 Å². The Morgan fingerprint density at radius 1 is 1.00 bits per heavy atom. The average Bonchev–Trinajstić information content (AvgIpc) is 2.65. The molecule has 0 aromatic heterocycles. The number of hydrogen-bond donors (Lipinski definition) is 0. The molecular formula is C19H27NO4. The Kier molecular flexibility index (Phi) is 6.53. The highest BCUT2D eigenvalue weighted by Crippen LogP contribution is 2.35. The minimum Gasteiger partial charge on any atom is -0.496 e. The fraction of sp³-hybridized carbons (Fsp3) is 0.526. The van der Waals surface area contributed by atoms with Gasteiger partial charge in [0.1, 0.15) is 5.75 Å². The number of carbonyl (C=O) groups excluding carboxylic acids is 1. The third-order valence-electron chi connectivity index (χ3n) is 4.61. The molecule has 1 aliphatic carbocycles. The minimum atomic E-state index is 0.0127. The summed E-state index contributed by atoms with van der Waals surface area (Å²) in [6.45, 7) is 0. The molecule has 1 aromatic rings. The summed E-state index contributed by atoms with van der Waals surface area (Å²) < 4.78 is 16.0. The molecule has 0 bridgehead atoms. The molecule has 1 aliphatic rings. The highest BCUT2D eigenvalue weighted by molar-refractivity contribution is 5.92. The van der Waals surface area contributed by atoms with Crippen LogP contribution in [0, 0.1) is 0 Å². The Bertz CT molecular complexity index is 591. The van der Waals surface area contributed by atoms with Gasteiger partial charge in [-0.15, -0.1) is 0 Å². The number of benzene rings is 1. The number of rotatable bonds is 6. The summed E-state index contributed by atoms with van der Waals surface area (Å²) in [5.74, 6) is 1.85. The molecule has 0 aliphatic heterocycles. The van der Waals surface area contributed by atoms with E-state index >= 15 is 0 Å². The van der Waals surface area contributed by atoms with Gasteiger partial charge in [0.25, 0.3) is 0 Å². The van der Waals surface area contributed by atoms with Crippen molar-refractivity contribution in [1.82, 2.24) is 4.90 Å². The fourth-order valence-electron chi connectivity index (χ4n) is 3.11. The number of methoxy groups -OCH3 is 3. The van der Waals surface area contributed by atoms with E-state index in [1.54, 1.807) is 39.5 Å². The average molecular weight is 333 g/mol. The molecule has 5 nitrogen and oxygen atoms in total. The second-order valence-corrected chi connectivity index (χ2v) is 6.02. The lowest BCUT2D eigenvalue weighted by molar-refractivity contribution is -0.127. The number of hydrogen-bond acceptors (Lipinski definition) is 4. The molecule has 0 N–H and O–H groups in total. The second kappa shape index (κ2) is 8.62. The quantitative estimate of drug-likeness (QED) is 0.748. The van der Waals surface area contributed by atoms with E-state index in [0.29, 0.717) is 23.3 Å². The van der Waals surface area contributed by atoms with Crippen molar-refractivity contribution < 1.29 is 19.0 Å². The molecule has 132 valence electrons. The number of likely N-dealkylation sites (N-methyl/N-ethyl adjacent to an activating group) is 1. The lowest BCUT2D eigenvalue weighted by Crippen LogP contribution is -2.37. The molecule has 1 fully saturated rings. The van der Waals surface area contributed by atoms with E-state index in [-0.39, 0.29) is 5.91 Å². The number of ether oxygens (including phenoxy) is 3. The van der Waals surface area contributed by atoms with Crippen molar-refractivity contribution in [3.63, 3.8) is 0 Å². The van der Waals surface area contributed by atoms with Gasteiger partial charge in [-0.2, -0.15) is 0 Å². The third kappa shape index (κ3) is 4.22. The molecule has 1 saturated carbocycles. The molecule has 0 radical (unpaired) electrons. The first-order valence-electron chi connectivity index (χ1n) is 8.35. The maximum Gasteiger partial charge on any atom is 0.246 e. The van der Waals surface area contributed by atoms with Crippen molar-refractivity contribution >= 4 is 12.0 Å². The minimum absolute atomic E-state index is 0.0127. The first-order valence-corrected chi connectivity index (χ1v) is 8.35. The van der Waals surface area contributed by atoms with Crippen molar-refractivity contribution in [3.8, 4) is 17.2 Å². The first kappa shape index (κ1) is 18.2. The number of amides is 1. The Morgan fingerprint density at radius 2 is 1.58 bits per heavy atom. The van der Waals surface area contributed by atoms with E-state index in [2.05, 4.69) is 0 Å². The van der Waals surface area contributed by atoms with E-state index in [4.69, 9.17) is 14.2 Å². The zero-order chi connectivity index (χ0) is 17.5. The van der Waals surface area contributed by atoms with E-state index in [1.807, 2.05) is 18.0 Å². The summed E-state index contributed by atoms with van der Waals surface area (Å²) in [6.07, 6.45) is 9.23. The van der Waals surface area contributed by atoms with Crippen molar-refractivity contribution in [1.29, 1.82) is 0 Å². The molecule has 5 heteroatoms. The van der Waals surface area contributed by atoms with Crippen molar-refractivity contribution in [2.24, 2.45) is 0 Å². The molecule has 24 heavy (non-hydrogen) atoms. The summed E-state index contributed by atoms with van der Waals surface area (Å²) in [5.41, 5.74) is 0.778. The van der Waals surface area contributed by atoms with Crippen molar-refractivity contribution in [3.05, 3.63) is 23.8 Å². The maximum atomic E-state index is 12.4. The SMILES string of the molecule is COc1cc(OC)c(OC)cc1/C=C/C(=O)N(C)C1CCCCC1. The van der Waals surface area contributed by atoms with E-state index in [1.165, 1.54) is 19.3 Å². The summed E-state index contributed by atoms with van der Waals surface area (Å²) >= 11 is 0. The largest absolute Gasteiger partial charge is 0.496 e. The lowest BCUT2D eigenvalue weighted by atomic mass is 9.94. The number of carbonyl (C=O) groups is 1. The predicted molar refractivity (Wildman–Crippen MR) is 94.8 cm³/mol. The van der Waals surface area contributed by atoms with Crippen LogP contribution in [0.5, 0.6) is 17.2 Å².